The molecular formula is C16H15N3O2S2. The van der Waals surface area contributed by atoms with E-state index in [1.54, 1.807) is 28.7 Å². The second-order valence-electron chi connectivity index (χ2n) is 5.46. The van der Waals surface area contributed by atoms with Gasteiger partial charge in [0.25, 0.3) is 5.91 Å². The van der Waals surface area contributed by atoms with Crippen molar-refractivity contribution in [3.8, 4) is 10.6 Å². The molecule has 7 heteroatoms. The highest BCUT2D eigenvalue weighted by Crippen LogP contribution is 2.29. The van der Waals surface area contributed by atoms with Gasteiger partial charge in [0.05, 0.1) is 10.6 Å². The van der Waals surface area contributed by atoms with Gasteiger partial charge in [-0.15, -0.1) is 22.7 Å². The van der Waals surface area contributed by atoms with E-state index in [1.165, 1.54) is 24.1 Å². The van der Waals surface area contributed by atoms with Crippen molar-refractivity contribution < 1.29 is 9.32 Å². The first-order valence-electron chi connectivity index (χ1n) is 7.60. The maximum Gasteiger partial charge on any atom is 0.279 e. The Morgan fingerprint density at radius 1 is 1.26 bits per heavy atom. The molecule has 0 unspecified atom stereocenters. The Morgan fingerprint density at radius 3 is 3.04 bits per heavy atom. The van der Waals surface area contributed by atoms with E-state index in [2.05, 4.69) is 15.5 Å². The first-order valence-corrected chi connectivity index (χ1v) is 9.30. The third kappa shape index (κ3) is 3.07. The number of carbonyl (C=O) groups is 1. The van der Waals surface area contributed by atoms with Crippen LogP contribution < -0.4 is 5.32 Å². The topological polar surface area (TPSA) is 68.0 Å². The molecule has 1 amide bonds. The maximum atomic E-state index is 12.3. The predicted octanol–water partition coefficient (Wildman–Crippen LogP) is 4.38. The zero-order valence-electron chi connectivity index (χ0n) is 12.4. The molecule has 0 bridgehead atoms. The van der Waals surface area contributed by atoms with E-state index in [-0.39, 0.29) is 11.6 Å². The first-order chi connectivity index (χ1) is 11.3. The summed E-state index contributed by atoms with van der Waals surface area (Å²) in [7, 11) is 0. The van der Waals surface area contributed by atoms with E-state index in [1.807, 2.05) is 17.5 Å². The molecule has 0 saturated carbocycles. The van der Waals surface area contributed by atoms with Crippen LogP contribution >= 0.6 is 22.7 Å². The summed E-state index contributed by atoms with van der Waals surface area (Å²) in [6, 6.07) is 5.54. The third-order valence-electron chi connectivity index (χ3n) is 3.82. The molecule has 4 rings (SSSR count). The summed E-state index contributed by atoms with van der Waals surface area (Å²) < 4.78 is 5.25. The number of anilines is 1. The molecule has 3 heterocycles. The molecular weight excluding hydrogens is 330 g/mol. The fourth-order valence-electron chi connectivity index (χ4n) is 2.66. The van der Waals surface area contributed by atoms with Gasteiger partial charge in [0, 0.05) is 10.9 Å². The number of aromatic nitrogens is 2. The molecule has 0 radical (unpaired) electrons. The third-order valence-corrected chi connectivity index (χ3v) is 5.78. The Hall–Kier alpha value is -1.99. The first kappa shape index (κ1) is 14.6. The average molecular weight is 345 g/mol. The molecule has 118 valence electrons. The maximum absolute atomic E-state index is 12.3. The van der Waals surface area contributed by atoms with E-state index in [9.17, 15) is 4.79 Å². The van der Waals surface area contributed by atoms with Gasteiger partial charge in [-0.05, 0) is 37.1 Å². The van der Waals surface area contributed by atoms with Crippen LogP contribution in [0.1, 0.15) is 40.3 Å². The second-order valence-corrected chi connectivity index (χ2v) is 7.49. The van der Waals surface area contributed by atoms with Crippen LogP contribution in [-0.4, -0.2) is 16.0 Å². The molecule has 1 aliphatic rings. The van der Waals surface area contributed by atoms with E-state index in [4.69, 9.17) is 4.52 Å². The lowest BCUT2D eigenvalue weighted by Gasteiger charge is -1.97. The van der Waals surface area contributed by atoms with Gasteiger partial charge in [0.2, 0.25) is 0 Å². The Morgan fingerprint density at radius 2 is 2.17 bits per heavy atom. The van der Waals surface area contributed by atoms with Crippen molar-refractivity contribution >= 4 is 33.7 Å². The highest BCUT2D eigenvalue weighted by molar-refractivity contribution is 7.16. The number of aryl methyl sites for hydroxylation is 2. The summed E-state index contributed by atoms with van der Waals surface area (Å²) in [6.45, 7) is 0. The molecule has 23 heavy (non-hydrogen) atoms. The Balaban J connectivity index is 1.50. The normalized spacial score (nSPS) is 14.3. The number of nitrogens with one attached hydrogen (secondary N) is 1. The standard InChI is InChI=1S/C16H15N3O2S2/c20-15(11-9-12(21-19-11)14-7-4-8-22-14)18-16-17-10-5-2-1-3-6-13(10)23-16/h4,7-9H,1-3,5-6H2,(H,17,18,20). The number of nitrogens with zero attached hydrogens (tertiary/aromatic N) is 2. The lowest BCUT2D eigenvalue weighted by Crippen LogP contribution is -2.12. The van der Waals surface area contributed by atoms with E-state index >= 15 is 0 Å². The zero-order valence-corrected chi connectivity index (χ0v) is 14.0. The van der Waals surface area contributed by atoms with Gasteiger partial charge in [-0.3, -0.25) is 10.1 Å². The minimum atomic E-state index is -0.277. The highest BCUT2D eigenvalue weighted by atomic mass is 32.1. The van der Waals surface area contributed by atoms with Crippen molar-refractivity contribution in [1.82, 2.24) is 10.1 Å². The molecule has 5 nitrogen and oxygen atoms in total. The second kappa shape index (κ2) is 6.25. The smallest absolute Gasteiger partial charge is 0.279 e. The van der Waals surface area contributed by atoms with Crippen molar-refractivity contribution in [3.05, 3.63) is 39.8 Å². The van der Waals surface area contributed by atoms with Crippen LogP contribution in [0.15, 0.2) is 28.1 Å². The van der Waals surface area contributed by atoms with Crippen molar-refractivity contribution in [3.63, 3.8) is 0 Å². The number of rotatable bonds is 3. The van der Waals surface area contributed by atoms with Crippen LogP contribution in [0.5, 0.6) is 0 Å². The molecule has 3 aromatic heterocycles. The summed E-state index contributed by atoms with van der Waals surface area (Å²) >= 11 is 3.13. The lowest BCUT2D eigenvalue weighted by molar-refractivity contribution is 0.101. The minimum Gasteiger partial charge on any atom is -0.355 e. The van der Waals surface area contributed by atoms with Gasteiger partial charge in [0.15, 0.2) is 16.6 Å². The molecule has 0 atom stereocenters. The van der Waals surface area contributed by atoms with Gasteiger partial charge in [-0.1, -0.05) is 17.6 Å². The van der Waals surface area contributed by atoms with E-state index in [0.29, 0.717) is 10.9 Å². The van der Waals surface area contributed by atoms with Crippen LogP contribution in [0.3, 0.4) is 0 Å². The van der Waals surface area contributed by atoms with Gasteiger partial charge >= 0.3 is 0 Å². The fraction of sp³-hybridized carbons (Fsp3) is 0.312. The molecule has 0 saturated heterocycles. The molecule has 0 spiro atoms. The van der Waals surface area contributed by atoms with Crippen molar-refractivity contribution in [2.75, 3.05) is 5.32 Å². The van der Waals surface area contributed by atoms with Crippen molar-refractivity contribution in [1.29, 1.82) is 0 Å². The Bertz CT molecular complexity index is 797. The van der Waals surface area contributed by atoms with Crippen molar-refractivity contribution in [2.45, 2.75) is 32.1 Å². The average Bonchev–Trinajstić information content (AvgIpc) is 3.26. The largest absolute Gasteiger partial charge is 0.355 e. The number of thiophene rings is 1. The lowest BCUT2D eigenvalue weighted by atomic mass is 10.2. The molecule has 1 N–H and O–H groups in total. The van der Waals surface area contributed by atoms with Crippen LogP contribution in [0, 0.1) is 0 Å². The molecule has 0 aromatic carbocycles. The number of carbonyl (C=O) groups excluding carboxylic acids is 1. The fourth-order valence-corrected chi connectivity index (χ4v) is 4.38. The summed E-state index contributed by atoms with van der Waals surface area (Å²) in [4.78, 5) is 19.1. The molecule has 3 aromatic rings. The van der Waals surface area contributed by atoms with Crippen LogP contribution in [0.2, 0.25) is 0 Å². The van der Waals surface area contributed by atoms with Crippen LogP contribution in [0.4, 0.5) is 5.13 Å². The van der Waals surface area contributed by atoms with Gasteiger partial charge < -0.3 is 4.52 Å². The van der Waals surface area contributed by atoms with E-state index < -0.39 is 0 Å². The number of hydrogen-bond acceptors (Lipinski definition) is 6. The number of hydrogen-bond donors (Lipinski definition) is 1. The Labute approximate surface area is 141 Å². The highest BCUT2D eigenvalue weighted by Gasteiger charge is 2.18. The summed E-state index contributed by atoms with van der Waals surface area (Å²) in [6.07, 6.45) is 5.71. The molecule has 0 aliphatic heterocycles. The van der Waals surface area contributed by atoms with Gasteiger partial charge in [-0.2, -0.15) is 0 Å². The summed E-state index contributed by atoms with van der Waals surface area (Å²) in [5.41, 5.74) is 1.42. The summed E-state index contributed by atoms with van der Waals surface area (Å²) in [5, 5.41) is 9.32. The number of amides is 1. The SMILES string of the molecule is O=C(Nc1nc2c(s1)CCCCC2)c1cc(-c2cccs2)on1. The summed E-state index contributed by atoms with van der Waals surface area (Å²) in [5.74, 6) is 0.334. The number of thiazole rings is 1. The van der Waals surface area contributed by atoms with Crippen LogP contribution in [0.25, 0.3) is 10.6 Å². The Kier molecular flexibility index (Phi) is 3.97. The quantitative estimate of drug-likeness (QED) is 0.715. The number of fused-ring (bicyclic) bond motifs is 1. The van der Waals surface area contributed by atoms with E-state index in [0.717, 1.165) is 23.4 Å². The molecule has 1 aliphatic carbocycles. The van der Waals surface area contributed by atoms with Gasteiger partial charge in [-0.25, -0.2) is 4.98 Å². The predicted molar refractivity (Wildman–Crippen MR) is 91.1 cm³/mol. The van der Waals surface area contributed by atoms with Gasteiger partial charge in [0.1, 0.15) is 0 Å². The van der Waals surface area contributed by atoms with Crippen molar-refractivity contribution in [2.24, 2.45) is 0 Å². The zero-order chi connectivity index (χ0) is 15.6. The molecule has 0 fully saturated rings. The minimum absolute atomic E-state index is 0.277. The monoisotopic (exact) mass is 345 g/mol. The van der Waals surface area contributed by atoms with Crippen LogP contribution in [-0.2, 0) is 12.8 Å².